The van der Waals surface area contributed by atoms with Gasteiger partial charge in [-0.05, 0) is 63.3 Å². The minimum atomic E-state index is -0.972. The first-order chi connectivity index (χ1) is 20.2. The number of rotatable bonds is 12. The average Bonchev–Trinajstić information content (AvgIpc) is 3.72. The SMILES string of the molecule is CCCNC(=O)c1cn2ncnc(N(C(=O)OCOC(=O)C(C)NC=O)c3cc(C(=O)NC4CC4)ccc3C)c2c1C. The van der Waals surface area contributed by atoms with E-state index in [0.29, 0.717) is 40.7 Å². The van der Waals surface area contributed by atoms with Crippen LogP contribution in [0.1, 0.15) is 65.0 Å². The Kier molecular flexibility index (Phi) is 9.35. The quantitative estimate of drug-likeness (QED) is 0.165. The molecule has 1 aromatic carbocycles. The van der Waals surface area contributed by atoms with E-state index < -0.39 is 24.9 Å². The number of hydrogen-bond donors (Lipinski definition) is 3. The van der Waals surface area contributed by atoms with Gasteiger partial charge in [-0.3, -0.25) is 14.4 Å². The van der Waals surface area contributed by atoms with Crippen LogP contribution >= 0.6 is 0 Å². The number of amides is 4. The standard InChI is InChI=1S/C28H33N7O7/c1-5-10-29-26(38)21-12-34-23(17(21)3)24(30-13-32-34)35(28(40)42-15-41-27(39)18(4)31-14-36)22-11-19(7-6-16(22)2)25(37)33-20-8-9-20/h6-7,11-14,18,20H,5,8-10,15H2,1-4H3,(H,29,38)(H,31,36)(H,33,37). The van der Waals surface area contributed by atoms with E-state index in [9.17, 15) is 24.0 Å². The van der Waals surface area contributed by atoms with Gasteiger partial charge in [0.25, 0.3) is 11.8 Å². The lowest BCUT2D eigenvalue weighted by Crippen LogP contribution is -2.36. The zero-order valence-electron chi connectivity index (χ0n) is 23.8. The van der Waals surface area contributed by atoms with E-state index in [1.165, 1.54) is 17.8 Å². The Bertz CT molecular complexity index is 1520. The Morgan fingerprint density at radius 1 is 1.17 bits per heavy atom. The fourth-order valence-electron chi connectivity index (χ4n) is 4.15. The molecule has 3 aromatic rings. The number of nitrogens with zero attached hydrogens (tertiary/aromatic N) is 4. The lowest BCUT2D eigenvalue weighted by Gasteiger charge is -2.24. The van der Waals surface area contributed by atoms with E-state index in [-0.39, 0.29) is 29.4 Å². The molecule has 1 fully saturated rings. The van der Waals surface area contributed by atoms with Crippen LogP contribution in [0.15, 0.2) is 30.7 Å². The maximum atomic E-state index is 13.7. The first-order valence-electron chi connectivity index (χ1n) is 13.5. The Morgan fingerprint density at radius 3 is 2.62 bits per heavy atom. The van der Waals surface area contributed by atoms with Crippen LogP contribution in [0.3, 0.4) is 0 Å². The molecule has 2 heterocycles. The number of esters is 1. The topological polar surface area (TPSA) is 173 Å². The number of hydrogen-bond acceptors (Lipinski definition) is 9. The summed E-state index contributed by atoms with van der Waals surface area (Å²) in [6.07, 6.45) is 4.71. The van der Waals surface area contributed by atoms with Gasteiger partial charge in [0.1, 0.15) is 17.9 Å². The number of benzene rings is 1. The van der Waals surface area contributed by atoms with Gasteiger partial charge >= 0.3 is 12.1 Å². The number of nitrogens with one attached hydrogen (secondary N) is 3. The van der Waals surface area contributed by atoms with E-state index in [1.807, 2.05) is 6.92 Å². The monoisotopic (exact) mass is 579 g/mol. The fourth-order valence-corrected chi connectivity index (χ4v) is 4.15. The molecule has 1 aliphatic carbocycles. The van der Waals surface area contributed by atoms with Crippen molar-refractivity contribution >= 4 is 47.3 Å². The Morgan fingerprint density at radius 2 is 1.93 bits per heavy atom. The molecule has 1 saturated carbocycles. The summed E-state index contributed by atoms with van der Waals surface area (Å²) in [5, 5.41) is 12.2. The van der Waals surface area contributed by atoms with Crippen LogP contribution in [0.2, 0.25) is 0 Å². The predicted octanol–water partition coefficient (Wildman–Crippen LogP) is 2.29. The molecular weight excluding hydrogens is 546 g/mol. The summed E-state index contributed by atoms with van der Waals surface area (Å²) >= 11 is 0. The highest BCUT2D eigenvalue weighted by Crippen LogP contribution is 2.34. The van der Waals surface area contributed by atoms with E-state index in [4.69, 9.17) is 9.47 Å². The highest BCUT2D eigenvalue weighted by molar-refractivity contribution is 6.05. The van der Waals surface area contributed by atoms with Gasteiger partial charge in [0.05, 0.1) is 11.3 Å². The van der Waals surface area contributed by atoms with Crippen molar-refractivity contribution in [1.29, 1.82) is 0 Å². The third-order valence-electron chi connectivity index (χ3n) is 6.66. The molecule has 4 rings (SSSR count). The summed E-state index contributed by atoms with van der Waals surface area (Å²) in [6, 6.07) is 4.05. The predicted molar refractivity (Wildman–Crippen MR) is 150 cm³/mol. The van der Waals surface area contributed by atoms with Crippen molar-refractivity contribution in [2.45, 2.75) is 59.0 Å². The number of anilines is 2. The van der Waals surface area contributed by atoms with E-state index in [0.717, 1.165) is 24.2 Å². The van der Waals surface area contributed by atoms with Crippen molar-refractivity contribution in [1.82, 2.24) is 30.5 Å². The van der Waals surface area contributed by atoms with Gasteiger partial charge in [0.15, 0.2) is 5.82 Å². The smallest absolute Gasteiger partial charge is 0.423 e. The van der Waals surface area contributed by atoms with Crippen LogP contribution in [-0.4, -0.2) is 70.3 Å². The summed E-state index contributed by atoms with van der Waals surface area (Å²) < 4.78 is 11.7. The molecule has 0 spiro atoms. The molecule has 222 valence electrons. The summed E-state index contributed by atoms with van der Waals surface area (Å²) in [7, 11) is 0. The highest BCUT2D eigenvalue weighted by Gasteiger charge is 2.30. The summed E-state index contributed by atoms with van der Waals surface area (Å²) in [5.74, 6) is -1.34. The molecular formula is C28H33N7O7. The third-order valence-corrected chi connectivity index (χ3v) is 6.66. The second kappa shape index (κ2) is 13.1. The molecule has 14 nitrogen and oxygen atoms in total. The minimum absolute atomic E-state index is 0.0761. The summed E-state index contributed by atoms with van der Waals surface area (Å²) in [4.78, 5) is 67.6. The van der Waals surface area contributed by atoms with Gasteiger partial charge in [0.2, 0.25) is 13.2 Å². The molecule has 0 bridgehead atoms. The zero-order valence-corrected chi connectivity index (χ0v) is 23.8. The molecule has 0 saturated heterocycles. The van der Waals surface area contributed by atoms with Crippen molar-refractivity contribution in [3.63, 3.8) is 0 Å². The largest absolute Gasteiger partial charge is 0.426 e. The van der Waals surface area contributed by atoms with Gasteiger partial charge in [-0.25, -0.2) is 24.0 Å². The second-order valence-electron chi connectivity index (χ2n) is 9.88. The van der Waals surface area contributed by atoms with Gasteiger partial charge < -0.3 is 25.4 Å². The normalized spacial score (nSPS) is 13.1. The minimum Gasteiger partial charge on any atom is -0.426 e. The first kappa shape index (κ1) is 30.0. The molecule has 1 atom stereocenters. The zero-order chi connectivity index (χ0) is 30.4. The van der Waals surface area contributed by atoms with Crippen LogP contribution < -0.4 is 20.9 Å². The Balaban J connectivity index is 1.75. The van der Waals surface area contributed by atoms with E-state index >= 15 is 0 Å². The fraction of sp³-hybridized carbons (Fsp3) is 0.393. The van der Waals surface area contributed by atoms with Crippen LogP contribution in [0, 0.1) is 13.8 Å². The van der Waals surface area contributed by atoms with Crippen molar-refractivity contribution < 1.29 is 33.4 Å². The van der Waals surface area contributed by atoms with Crippen molar-refractivity contribution in [3.05, 3.63) is 53.0 Å². The number of fused-ring (bicyclic) bond motifs is 1. The van der Waals surface area contributed by atoms with E-state index in [2.05, 4.69) is 26.0 Å². The molecule has 42 heavy (non-hydrogen) atoms. The lowest BCUT2D eigenvalue weighted by atomic mass is 10.1. The molecule has 2 aromatic heterocycles. The Labute approximate surface area is 241 Å². The van der Waals surface area contributed by atoms with E-state index in [1.54, 1.807) is 38.2 Å². The average molecular weight is 580 g/mol. The van der Waals surface area contributed by atoms with Gasteiger partial charge in [-0.1, -0.05) is 13.0 Å². The number of carbonyl (C=O) groups excluding carboxylic acids is 5. The molecule has 1 unspecified atom stereocenters. The molecule has 4 amide bonds. The van der Waals surface area contributed by atoms with Crippen LogP contribution in [0.25, 0.3) is 5.52 Å². The molecule has 1 aliphatic rings. The Hall–Kier alpha value is -5.01. The third kappa shape index (κ3) is 6.65. The molecule has 3 N–H and O–H groups in total. The lowest BCUT2D eigenvalue weighted by molar-refractivity contribution is -0.154. The van der Waals surface area contributed by atoms with Crippen molar-refractivity contribution in [3.8, 4) is 0 Å². The number of carbonyl (C=O) groups is 5. The summed E-state index contributed by atoms with van der Waals surface area (Å²) in [6.45, 7) is 6.53. The van der Waals surface area contributed by atoms with Crippen molar-refractivity contribution in [2.24, 2.45) is 0 Å². The van der Waals surface area contributed by atoms with Crippen LogP contribution in [0.4, 0.5) is 16.3 Å². The number of aryl methyl sites for hydroxylation is 2. The maximum Gasteiger partial charge on any atom is 0.423 e. The molecule has 0 aliphatic heterocycles. The highest BCUT2D eigenvalue weighted by atomic mass is 16.7. The molecule has 0 radical (unpaired) electrons. The van der Waals surface area contributed by atoms with Crippen LogP contribution in [0.5, 0.6) is 0 Å². The van der Waals surface area contributed by atoms with Gasteiger partial charge in [0, 0.05) is 24.3 Å². The van der Waals surface area contributed by atoms with Crippen molar-refractivity contribution in [2.75, 3.05) is 18.2 Å². The first-order valence-corrected chi connectivity index (χ1v) is 13.5. The van der Waals surface area contributed by atoms with Crippen LogP contribution in [-0.2, 0) is 19.1 Å². The maximum absolute atomic E-state index is 13.7. The number of ether oxygens (including phenoxy) is 2. The van der Waals surface area contributed by atoms with Gasteiger partial charge in [-0.15, -0.1) is 0 Å². The second-order valence-corrected chi connectivity index (χ2v) is 9.88. The summed E-state index contributed by atoms with van der Waals surface area (Å²) in [5.41, 5.74) is 2.42. The molecule has 14 heteroatoms. The number of aromatic nitrogens is 3. The van der Waals surface area contributed by atoms with Gasteiger partial charge in [-0.2, -0.15) is 5.10 Å².